The van der Waals surface area contributed by atoms with E-state index in [0.29, 0.717) is 24.5 Å². The Morgan fingerprint density at radius 1 is 1.35 bits per heavy atom. The molecule has 0 unspecified atom stereocenters. The Morgan fingerprint density at radius 3 is 3.00 bits per heavy atom. The third kappa shape index (κ3) is 2.18. The van der Waals surface area contributed by atoms with Gasteiger partial charge >= 0.3 is 0 Å². The lowest BCUT2D eigenvalue weighted by Gasteiger charge is -2.18. The second kappa shape index (κ2) is 5.04. The predicted molar refractivity (Wildman–Crippen MR) is 76.1 cm³/mol. The highest BCUT2D eigenvalue weighted by Crippen LogP contribution is 2.25. The fourth-order valence-electron chi connectivity index (χ4n) is 2.61. The number of fused-ring (bicyclic) bond motifs is 1. The normalized spacial score (nSPS) is 13.7. The van der Waals surface area contributed by atoms with Crippen molar-refractivity contribution in [3.8, 4) is 0 Å². The van der Waals surface area contributed by atoms with Gasteiger partial charge < -0.3 is 4.90 Å². The number of aryl methyl sites for hydroxylation is 1. The lowest BCUT2D eigenvalue weighted by atomic mass is 10.1. The molecule has 0 spiro atoms. The topological polar surface area (TPSA) is 40.0 Å². The van der Waals surface area contributed by atoms with Crippen molar-refractivity contribution in [2.24, 2.45) is 0 Å². The molecule has 0 saturated carbocycles. The summed E-state index contributed by atoms with van der Waals surface area (Å²) >= 11 is 0. The zero-order valence-electron chi connectivity index (χ0n) is 11.4. The summed E-state index contributed by atoms with van der Waals surface area (Å²) in [4.78, 5) is 6.35. The number of nitrogens with zero attached hydrogens (tertiary/aromatic N) is 2. The first-order valence-electron chi connectivity index (χ1n) is 6.74. The molecule has 0 atom stereocenters. The first kappa shape index (κ1) is 12.8. The van der Waals surface area contributed by atoms with Crippen LogP contribution in [0, 0.1) is 11.2 Å². The van der Waals surface area contributed by atoms with Crippen molar-refractivity contribution in [3.05, 3.63) is 64.7 Å². The molecule has 2 heterocycles. The fourth-order valence-corrected chi connectivity index (χ4v) is 2.61. The van der Waals surface area contributed by atoms with Crippen molar-refractivity contribution in [3.63, 3.8) is 0 Å². The smallest absolute Gasteiger partial charge is 0.129 e. The van der Waals surface area contributed by atoms with Crippen LogP contribution in [0.15, 0.2) is 36.5 Å². The highest BCUT2D eigenvalue weighted by Gasteiger charge is 2.25. The van der Waals surface area contributed by atoms with Gasteiger partial charge in [-0.05, 0) is 35.7 Å². The van der Waals surface area contributed by atoms with E-state index in [0.717, 1.165) is 17.7 Å². The quantitative estimate of drug-likeness (QED) is 0.930. The minimum atomic E-state index is -0.289. The van der Waals surface area contributed by atoms with E-state index in [1.54, 1.807) is 12.3 Å². The van der Waals surface area contributed by atoms with E-state index in [-0.39, 0.29) is 5.82 Å². The lowest BCUT2D eigenvalue weighted by Crippen LogP contribution is -2.24. The van der Waals surface area contributed by atoms with Gasteiger partial charge in [-0.25, -0.2) is 4.39 Å². The summed E-state index contributed by atoms with van der Waals surface area (Å²) < 4.78 is 13.3. The van der Waals surface area contributed by atoms with Crippen molar-refractivity contribution in [1.29, 1.82) is 5.41 Å². The molecule has 1 aliphatic rings. The largest absolute Gasteiger partial charge is 0.346 e. The Labute approximate surface area is 117 Å². The van der Waals surface area contributed by atoms with Gasteiger partial charge in [0.05, 0.1) is 12.2 Å². The fraction of sp³-hybridized carbons (Fsp3) is 0.250. The molecule has 3 rings (SSSR count). The van der Waals surface area contributed by atoms with Crippen LogP contribution in [0.5, 0.6) is 0 Å². The molecule has 3 nitrogen and oxygen atoms in total. The number of amidine groups is 1. The molecular weight excluding hydrogens is 253 g/mol. The van der Waals surface area contributed by atoms with Gasteiger partial charge in [0.1, 0.15) is 11.7 Å². The van der Waals surface area contributed by atoms with E-state index in [9.17, 15) is 4.39 Å². The van der Waals surface area contributed by atoms with E-state index >= 15 is 0 Å². The van der Waals surface area contributed by atoms with E-state index in [1.807, 2.05) is 11.0 Å². The molecule has 0 aliphatic carbocycles. The first-order valence-corrected chi connectivity index (χ1v) is 6.74. The maximum atomic E-state index is 13.3. The molecule has 0 saturated heterocycles. The summed E-state index contributed by atoms with van der Waals surface area (Å²) in [5.41, 5.74) is 3.89. The van der Waals surface area contributed by atoms with Gasteiger partial charge in [-0.15, -0.1) is 0 Å². The summed E-state index contributed by atoms with van der Waals surface area (Å²) in [5.74, 6) is 0.0923. The van der Waals surface area contributed by atoms with Crippen molar-refractivity contribution < 1.29 is 4.39 Å². The van der Waals surface area contributed by atoms with Gasteiger partial charge in [-0.3, -0.25) is 10.4 Å². The summed E-state index contributed by atoms with van der Waals surface area (Å²) in [5, 5.41) is 8.19. The monoisotopic (exact) mass is 269 g/mol. The molecule has 2 aromatic rings. The molecule has 4 heteroatoms. The summed E-state index contributed by atoms with van der Waals surface area (Å²) in [6.45, 7) is 3.34. The number of hydrogen-bond acceptors (Lipinski definition) is 2. The molecular formula is C16H16FN3. The second-order valence-corrected chi connectivity index (χ2v) is 4.97. The van der Waals surface area contributed by atoms with Gasteiger partial charge in [-0.1, -0.05) is 19.1 Å². The molecule has 0 fully saturated rings. The summed E-state index contributed by atoms with van der Waals surface area (Å²) in [6.07, 6.45) is 2.70. The standard InChI is InChI=1S/C16H16FN3/c1-2-11-4-3-7-19-15(11)10-20-9-12-5-6-13(17)8-14(12)16(20)18/h3-8,18H,2,9-10H2,1H3. The van der Waals surface area contributed by atoms with Crippen molar-refractivity contribution in [2.75, 3.05) is 0 Å². The second-order valence-electron chi connectivity index (χ2n) is 4.97. The average Bonchev–Trinajstić information content (AvgIpc) is 2.76. The van der Waals surface area contributed by atoms with Crippen LogP contribution >= 0.6 is 0 Å². The predicted octanol–water partition coefficient (Wildman–Crippen LogP) is 3.12. The van der Waals surface area contributed by atoms with E-state index in [4.69, 9.17) is 5.41 Å². The lowest BCUT2D eigenvalue weighted by molar-refractivity contribution is 0.414. The minimum absolute atomic E-state index is 0.289. The van der Waals surface area contributed by atoms with E-state index < -0.39 is 0 Å². The molecule has 0 bridgehead atoms. The SMILES string of the molecule is CCc1cccnc1CN1Cc2ccc(F)cc2C1=N. The number of nitrogens with one attached hydrogen (secondary N) is 1. The Morgan fingerprint density at radius 2 is 2.20 bits per heavy atom. The zero-order chi connectivity index (χ0) is 14.1. The molecule has 1 aliphatic heterocycles. The number of aromatic nitrogens is 1. The average molecular weight is 269 g/mol. The van der Waals surface area contributed by atoms with Gasteiger partial charge in [0.2, 0.25) is 0 Å². The highest BCUT2D eigenvalue weighted by molar-refractivity contribution is 6.00. The van der Waals surface area contributed by atoms with Gasteiger partial charge in [0.15, 0.2) is 0 Å². The molecule has 102 valence electrons. The molecule has 0 radical (unpaired) electrons. The van der Waals surface area contributed by atoms with Crippen LogP contribution in [0.25, 0.3) is 0 Å². The molecule has 20 heavy (non-hydrogen) atoms. The van der Waals surface area contributed by atoms with Crippen LogP contribution in [0.2, 0.25) is 0 Å². The van der Waals surface area contributed by atoms with Crippen LogP contribution in [-0.4, -0.2) is 15.7 Å². The Kier molecular flexibility index (Phi) is 3.22. The summed E-state index contributed by atoms with van der Waals surface area (Å²) in [6, 6.07) is 8.65. The van der Waals surface area contributed by atoms with Gasteiger partial charge in [0.25, 0.3) is 0 Å². The number of hydrogen-bond donors (Lipinski definition) is 1. The zero-order valence-corrected chi connectivity index (χ0v) is 11.4. The maximum absolute atomic E-state index is 13.3. The third-order valence-electron chi connectivity index (χ3n) is 3.71. The van der Waals surface area contributed by atoms with Crippen LogP contribution < -0.4 is 0 Å². The Balaban J connectivity index is 1.86. The van der Waals surface area contributed by atoms with Crippen molar-refractivity contribution in [1.82, 2.24) is 9.88 Å². The first-order chi connectivity index (χ1) is 9.69. The Hall–Kier alpha value is -2.23. The molecule has 0 amide bonds. The maximum Gasteiger partial charge on any atom is 0.129 e. The number of halogens is 1. The third-order valence-corrected chi connectivity index (χ3v) is 3.71. The number of benzene rings is 1. The Bertz CT molecular complexity index is 667. The number of pyridine rings is 1. The minimum Gasteiger partial charge on any atom is -0.346 e. The van der Waals surface area contributed by atoms with Crippen LogP contribution in [0.1, 0.15) is 29.3 Å². The van der Waals surface area contributed by atoms with Crippen molar-refractivity contribution >= 4 is 5.84 Å². The van der Waals surface area contributed by atoms with Crippen LogP contribution in [0.3, 0.4) is 0 Å². The molecule has 1 aromatic heterocycles. The van der Waals surface area contributed by atoms with Crippen LogP contribution in [-0.2, 0) is 19.5 Å². The van der Waals surface area contributed by atoms with Gasteiger partial charge in [0, 0.05) is 18.3 Å². The summed E-state index contributed by atoms with van der Waals surface area (Å²) in [7, 11) is 0. The van der Waals surface area contributed by atoms with Crippen molar-refractivity contribution in [2.45, 2.75) is 26.4 Å². The highest BCUT2D eigenvalue weighted by atomic mass is 19.1. The van der Waals surface area contributed by atoms with Gasteiger partial charge in [-0.2, -0.15) is 0 Å². The molecule has 1 aromatic carbocycles. The number of rotatable bonds is 3. The van der Waals surface area contributed by atoms with E-state index in [2.05, 4.69) is 18.0 Å². The van der Waals surface area contributed by atoms with E-state index in [1.165, 1.54) is 17.7 Å². The molecule has 1 N–H and O–H groups in total. The van der Waals surface area contributed by atoms with Crippen LogP contribution in [0.4, 0.5) is 4.39 Å².